The number of ether oxygens (including phenoxy) is 1. The van der Waals surface area contributed by atoms with E-state index in [4.69, 9.17) is 4.74 Å². The van der Waals surface area contributed by atoms with Gasteiger partial charge < -0.3 is 10.1 Å². The summed E-state index contributed by atoms with van der Waals surface area (Å²) in [6.45, 7) is 0. The minimum atomic E-state index is -0.427. The van der Waals surface area contributed by atoms with Gasteiger partial charge in [0.2, 0.25) is 5.91 Å². The van der Waals surface area contributed by atoms with Crippen molar-refractivity contribution in [3.05, 3.63) is 48.4 Å². The van der Waals surface area contributed by atoms with Crippen LogP contribution in [-0.2, 0) is 10.2 Å². The largest absolute Gasteiger partial charge is 0.497 e. The Morgan fingerprint density at radius 3 is 2.55 bits per heavy atom. The van der Waals surface area contributed by atoms with Crippen LogP contribution in [-0.4, -0.2) is 23.0 Å². The maximum atomic E-state index is 12.4. The lowest BCUT2D eigenvalue weighted by atomic mass is 9.95. The number of nitrogens with one attached hydrogen (secondary N) is 1. The lowest BCUT2D eigenvalue weighted by molar-refractivity contribution is -0.118. The summed E-state index contributed by atoms with van der Waals surface area (Å²) in [5.74, 6) is 1.25. The fourth-order valence-electron chi connectivity index (χ4n) is 2.28. The Balaban J connectivity index is 1.79. The van der Waals surface area contributed by atoms with Gasteiger partial charge in [-0.1, -0.05) is 12.1 Å². The molecule has 3 rings (SSSR count). The molecule has 0 bridgehead atoms. The Hall–Kier alpha value is -2.43. The molecule has 1 N–H and O–H groups in total. The predicted molar refractivity (Wildman–Crippen MR) is 74.6 cm³/mol. The van der Waals surface area contributed by atoms with Gasteiger partial charge in [-0.15, -0.1) is 0 Å². The number of hydrogen-bond acceptors (Lipinski definition) is 4. The average Bonchev–Trinajstić information content (AvgIpc) is 3.30. The number of hydrogen-bond donors (Lipinski definition) is 1. The van der Waals surface area contributed by atoms with Gasteiger partial charge in [-0.05, 0) is 30.5 Å². The van der Waals surface area contributed by atoms with Crippen LogP contribution in [0, 0.1) is 0 Å². The topological polar surface area (TPSA) is 64.1 Å². The second-order valence-electron chi connectivity index (χ2n) is 4.86. The Bertz CT molecular complexity index is 607. The SMILES string of the molecule is COc1ccc(C2(C(=O)Nc3cnccn3)CC2)cc1. The molecule has 0 unspecified atom stereocenters. The number of anilines is 1. The number of methoxy groups -OCH3 is 1. The van der Waals surface area contributed by atoms with Gasteiger partial charge in [0.05, 0.1) is 18.7 Å². The minimum Gasteiger partial charge on any atom is -0.497 e. The van der Waals surface area contributed by atoms with Gasteiger partial charge in [0.25, 0.3) is 0 Å². The molecule has 1 aliphatic carbocycles. The molecule has 0 aliphatic heterocycles. The van der Waals surface area contributed by atoms with Crippen LogP contribution in [0.15, 0.2) is 42.9 Å². The molecule has 1 fully saturated rings. The van der Waals surface area contributed by atoms with Gasteiger partial charge in [-0.3, -0.25) is 9.78 Å². The van der Waals surface area contributed by atoms with Crippen LogP contribution in [0.4, 0.5) is 5.82 Å². The van der Waals surface area contributed by atoms with Crippen LogP contribution < -0.4 is 10.1 Å². The van der Waals surface area contributed by atoms with Crippen molar-refractivity contribution in [1.29, 1.82) is 0 Å². The first kappa shape index (κ1) is 12.6. The Labute approximate surface area is 117 Å². The van der Waals surface area contributed by atoms with Gasteiger partial charge in [-0.25, -0.2) is 4.98 Å². The Morgan fingerprint density at radius 1 is 1.25 bits per heavy atom. The second kappa shape index (κ2) is 4.92. The Kier molecular flexibility index (Phi) is 3.10. The molecule has 1 aliphatic rings. The number of benzene rings is 1. The van der Waals surface area contributed by atoms with Crippen molar-refractivity contribution < 1.29 is 9.53 Å². The summed E-state index contributed by atoms with van der Waals surface area (Å²) in [6.07, 6.45) is 6.38. The number of amides is 1. The summed E-state index contributed by atoms with van der Waals surface area (Å²) in [4.78, 5) is 20.4. The summed E-state index contributed by atoms with van der Waals surface area (Å²) in [6, 6.07) is 7.65. The van der Waals surface area contributed by atoms with Crippen molar-refractivity contribution in [2.75, 3.05) is 12.4 Å². The summed E-state index contributed by atoms with van der Waals surface area (Å²) in [5.41, 5.74) is 0.587. The summed E-state index contributed by atoms with van der Waals surface area (Å²) in [5, 5.41) is 2.83. The van der Waals surface area contributed by atoms with Gasteiger partial charge in [0.15, 0.2) is 5.82 Å². The average molecular weight is 269 g/mol. The van der Waals surface area contributed by atoms with E-state index >= 15 is 0 Å². The van der Waals surface area contributed by atoms with E-state index in [1.54, 1.807) is 25.7 Å². The van der Waals surface area contributed by atoms with Crippen LogP contribution in [0.2, 0.25) is 0 Å². The van der Waals surface area contributed by atoms with E-state index < -0.39 is 5.41 Å². The number of carbonyl (C=O) groups is 1. The first-order chi connectivity index (χ1) is 9.74. The van der Waals surface area contributed by atoms with Crippen LogP contribution in [0.1, 0.15) is 18.4 Å². The summed E-state index contributed by atoms with van der Waals surface area (Å²) >= 11 is 0. The summed E-state index contributed by atoms with van der Waals surface area (Å²) < 4.78 is 5.14. The highest BCUT2D eigenvalue weighted by molar-refractivity contribution is 6.00. The van der Waals surface area contributed by atoms with Crippen LogP contribution in [0.3, 0.4) is 0 Å². The zero-order chi connectivity index (χ0) is 14.0. The maximum absolute atomic E-state index is 12.4. The van der Waals surface area contributed by atoms with E-state index in [0.29, 0.717) is 5.82 Å². The van der Waals surface area contributed by atoms with E-state index in [-0.39, 0.29) is 5.91 Å². The number of nitrogens with zero attached hydrogens (tertiary/aromatic N) is 2. The number of rotatable bonds is 4. The quantitative estimate of drug-likeness (QED) is 0.923. The van der Waals surface area contributed by atoms with Crippen molar-refractivity contribution in [3.8, 4) is 5.75 Å². The molecule has 1 aromatic carbocycles. The highest BCUT2D eigenvalue weighted by Gasteiger charge is 2.51. The van der Waals surface area contributed by atoms with Gasteiger partial charge in [0.1, 0.15) is 5.75 Å². The van der Waals surface area contributed by atoms with Gasteiger partial charge >= 0.3 is 0 Å². The van der Waals surface area contributed by atoms with Crippen LogP contribution in [0.5, 0.6) is 5.75 Å². The zero-order valence-electron chi connectivity index (χ0n) is 11.2. The molecule has 0 saturated heterocycles. The van der Waals surface area contributed by atoms with Crippen LogP contribution >= 0.6 is 0 Å². The molecule has 0 atom stereocenters. The van der Waals surface area contributed by atoms with Crippen molar-refractivity contribution in [1.82, 2.24) is 9.97 Å². The third kappa shape index (κ3) is 2.22. The molecule has 5 nitrogen and oxygen atoms in total. The minimum absolute atomic E-state index is 0.0248. The fraction of sp³-hybridized carbons (Fsp3) is 0.267. The standard InChI is InChI=1S/C15H15N3O2/c1-20-12-4-2-11(3-5-12)15(6-7-15)14(19)18-13-10-16-8-9-17-13/h2-5,8-10H,6-7H2,1H3,(H,17,18,19). The van der Waals surface area contributed by atoms with E-state index in [1.165, 1.54) is 0 Å². The van der Waals surface area contributed by atoms with E-state index in [0.717, 1.165) is 24.2 Å². The molecule has 0 radical (unpaired) electrons. The third-order valence-electron chi connectivity index (χ3n) is 3.63. The molecule has 1 amide bonds. The fourth-order valence-corrected chi connectivity index (χ4v) is 2.28. The zero-order valence-corrected chi connectivity index (χ0v) is 11.2. The molecule has 1 saturated carbocycles. The molecule has 5 heteroatoms. The molecule has 1 heterocycles. The number of aromatic nitrogens is 2. The first-order valence-electron chi connectivity index (χ1n) is 6.47. The summed E-state index contributed by atoms with van der Waals surface area (Å²) in [7, 11) is 1.63. The van der Waals surface area contributed by atoms with E-state index in [2.05, 4.69) is 15.3 Å². The van der Waals surface area contributed by atoms with E-state index in [9.17, 15) is 4.79 Å². The predicted octanol–water partition coefficient (Wildman–Crippen LogP) is 2.16. The lowest BCUT2D eigenvalue weighted by Gasteiger charge is -2.15. The molecule has 0 spiro atoms. The maximum Gasteiger partial charge on any atom is 0.236 e. The second-order valence-corrected chi connectivity index (χ2v) is 4.86. The molecule has 2 aromatic rings. The van der Waals surface area contributed by atoms with Crippen molar-refractivity contribution in [2.24, 2.45) is 0 Å². The first-order valence-corrected chi connectivity index (χ1v) is 6.47. The van der Waals surface area contributed by atoms with Crippen molar-refractivity contribution >= 4 is 11.7 Å². The highest BCUT2D eigenvalue weighted by Crippen LogP contribution is 2.49. The van der Waals surface area contributed by atoms with Crippen molar-refractivity contribution in [2.45, 2.75) is 18.3 Å². The molecular formula is C15H15N3O2. The molecule has 20 heavy (non-hydrogen) atoms. The van der Waals surface area contributed by atoms with E-state index in [1.807, 2.05) is 24.3 Å². The highest BCUT2D eigenvalue weighted by atomic mass is 16.5. The Morgan fingerprint density at radius 2 is 2.00 bits per heavy atom. The smallest absolute Gasteiger partial charge is 0.236 e. The van der Waals surface area contributed by atoms with Gasteiger partial charge in [0, 0.05) is 12.4 Å². The normalized spacial score (nSPS) is 15.4. The lowest BCUT2D eigenvalue weighted by Crippen LogP contribution is -2.28. The van der Waals surface area contributed by atoms with Crippen LogP contribution in [0.25, 0.3) is 0 Å². The molecular weight excluding hydrogens is 254 g/mol. The van der Waals surface area contributed by atoms with Gasteiger partial charge in [-0.2, -0.15) is 0 Å². The van der Waals surface area contributed by atoms with Crippen molar-refractivity contribution in [3.63, 3.8) is 0 Å². The number of carbonyl (C=O) groups excluding carboxylic acids is 1. The monoisotopic (exact) mass is 269 g/mol. The molecule has 1 aromatic heterocycles. The third-order valence-corrected chi connectivity index (χ3v) is 3.63. The molecule has 102 valence electrons.